The number of rotatable bonds is 2. The molecule has 0 spiro atoms. The first-order chi connectivity index (χ1) is 7.63. The zero-order valence-electron chi connectivity index (χ0n) is 8.90. The van der Waals surface area contributed by atoms with Crippen molar-refractivity contribution in [3.63, 3.8) is 0 Å². The second kappa shape index (κ2) is 3.73. The number of carbonyl (C=O) groups excluding carboxylic acids is 1. The fraction of sp³-hybridized carbons (Fsp3) is 0.200. The smallest absolute Gasteiger partial charge is 0.341 e. The Morgan fingerprint density at radius 2 is 2.38 bits per heavy atom. The Kier molecular flexibility index (Phi) is 2.40. The third-order valence-corrected chi connectivity index (χ3v) is 2.24. The Bertz CT molecular complexity index is 527. The van der Waals surface area contributed by atoms with Gasteiger partial charge in [-0.25, -0.2) is 4.79 Å². The Hall–Kier alpha value is -2.24. The minimum Gasteiger partial charge on any atom is -0.465 e. The molecular formula is C10H11N3O3. The number of aryl methyl sites for hydroxylation is 1. The fourth-order valence-electron chi connectivity index (χ4n) is 1.41. The largest absolute Gasteiger partial charge is 0.465 e. The van der Waals surface area contributed by atoms with Crippen LogP contribution in [0.25, 0.3) is 11.5 Å². The molecule has 0 atom stereocenters. The van der Waals surface area contributed by atoms with Crippen molar-refractivity contribution in [3.8, 4) is 11.5 Å². The number of furan rings is 1. The van der Waals surface area contributed by atoms with E-state index in [0.717, 1.165) is 0 Å². The molecule has 16 heavy (non-hydrogen) atoms. The van der Waals surface area contributed by atoms with Crippen molar-refractivity contribution >= 4 is 11.7 Å². The number of esters is 1. The van der Waals surface area contributed by atoms with Crippen molar-refractivity contribution < 1.29 is 13.9 Å². The fourth-order valence-corrected chi connectivity index (χ4v) is 1.41. The second-order valence-electron chi connectivity index (χ2n) is 3.27. The van der Waals surface area contributed by atoms with Gasteiger partial charge in [0.15, 0.2) is 5.76 Å². The van der Waals surface area contributed by atoms with E-state index in [4.69, 9.17) is 10.2 Å². The van der Waals surface area contributed by atoms with Crippen LogP contribution in [0, 0.1) is 6.92 Å². The summed E-state index contributed by atoms with van der Waals surface area (Å²) in [6.45, 7) is 1.68. The summed E-state index contributed by atoms with van der Waals surface area (Å²) in [6, 6.07) is 1.57. The molecule has 0 unspecified atom stereocenters. The van der Waals surface area contributed by atoms with Crippen LogP contribution < -0.4 is 5.73 Å². The minimum absolute atomic E-state index is 0.381. The quantitative estimate of drug-likeness (QED) is 0.746. The molecule has 0 aliphatic rings. The van der Waals surface area contributed by atoms with E-state index in [9.17, 15) is 4.79 Å². The predicted octanol–water partition coefficient (Wildman–Crippen LogP) is 1.35. The molecule has 0 radical (unpaired) electrons. The molecule has 0 bridgehead atoms. The van der Waals surface area contributed by atoms with Gasteiger partial charge in [0.2, 0.25) is 0 Å². The van der Waals surface area contributed by atoms with Gasteiger partial charge in [0.1, 0.15) is 17.0 Å². The third kappa shape index (κ3) is 1.54. The van der Waals surface area contributed by atoms with Crippen LogP contribution >= 0.6 is 0 Å². The Morgan fingerprint density at radius 1 is 1.62 bits per heavy atom. The Labute approximate surface area is 91.4 Å². The number of carbonyl (C=O) groups is 1. The third-order valence-electron chi connectivity index (χ3n) is 2.24. The van der Waals surface area contributed by atoms with E-state index in [-0.39, 0.29) is 0 Å². The van der Waals surface area contributed by atoms with Crippen LogP contribution in [0.1, 0.15) is 16.1 Å². The second-order valence-corrected chi connectivity index (χ2v) is 3.27. The maximum Gasteiger partial charge on any atom is 0.341 e. The number of H-pyrrole nitrogens is 1. The molecule has 2 heterocycles. The summed E-state index contributed by atoms with van der Waals surface area (Å²) in [5.74, 6) is 0.509. The number of hydrogen-bond donors (Lipinski definition) is 2. The van der Waals surface area contributed by atoms with E-state index in [1.54, 1.807) is 13.0 Å². The summed E-state index contributed by atoms with van der Waals surface area (Å²) >= 11 is 0. The van der Waals surface area contributed by atoms with E-state index in [1.165, 1.54) is 13.3 Å². The van der Waals surface area contributed by atoms with E-state index in [1.807, 2.05) is 0 Å². The zero-order valence-corrected chi connectivity index (χ0v) is 8.90. The summed E-state index contributed by atoms with van der Waals surface area (Å²) in [4.78, 5) is 11.4. The number of aromatic nitrogens is 2. The standard InChI is InChI=1S/C10H11N3O3/c1-5-6(10(14)15-2)3-8(16-5)9-7(11)4-12-13-9/h3-4H,11H2,1-2H3,(H,12,13). The molecule has 2 rings (SSSR count). The van der Waals surface area contributed by atoms with Gasteiger partial charge in [-0.3, -0.25) is 5.10 Å². The van der Waals surface area contributed by atoms with Crippen LogP contribution in [0.2, 0.25) is 0 Å². The number of nitrogens with two attached hydrogens (primary N) is 1. The van der Waals surface area contributed by atoms with Crippen LogP contribution in [0.15, 0.2) is 16.7 Å². The number of anilines is 1. The van der Waals surface area contributed by atoms with E-state index in [0.29, 0.717) is 28.5 Å². The monoisotopic (exact) mass is 221 g/mol. The summed E-state index contributed by atoms with van der Waals surface area (Å²) < 4.78 is 10.0. The van der Waals surface area contributed by atoms with Gasteiger partial charge in [-0.15, -0.1) is 0 Å². The molecule has 6 nitrogen and oxygen atoms in total. The highest BCUT2D eigenvalue weighted by atomic mass is 16.5. The van der Waals surface area contributed by atoms with Crippen molar-refractivity contribution in [2.24, 2.45) is 0 Å². The molecular weight excluding hydrogens is 210 g/mol. The van der Waals surface area contributed by atoms with Crippen molar-refractivity contribution in [2.45, 2.75) is 6.92 Å². The number of nitrogen functional groups attached to an aromatic ring is 1. The van der Waals surface area contributed by atoms with Crippen LogP contribution in [0.3, 0.4) is 0 Å². The highest BCUT2D eigenvalue weighted by Crippen LogP contribution is 2.27. The Morgan fingerprint density at radius 3 is 2.94 bits per heavy atom. The lowest BCUT2D eigenvalue weighted by atomic mass is 10.2. The molecule has 3 N–H and O–H groups in total. The molecule has 2 aromatic rings. The summed E-state index contributed by atoms with van der Waals surface area (Å²) in [7, 11) is 1.32. The van der Waals surface area contributed by atoms with Crippen LogP contribution in [0.5, 0.6) is 0 Å². The lowest BCUT2D eigenvalue weighted by Gasteiger charge is -1.93. The summed E-state index contributed by atoms with van der Waals surface area (Å²) in [5, 5.41) is 6.47. The number of nitrogens with zero attached hydrogens (tertiary/aromatic N) is 1. The van der Waals surface area contributed by atoms with Gasteiger partial charge in [0.25, 0.3) is 0 Å². The van der Waals surface area contributed by atoms with Crippen molar-refractivity contribution in [3.05, 3.63) is 23.6 Å². The highest BCUT2D eigenvalue weighted by Gasteiger charge is 2.18. The van der Waals surface area contributed by atoms with Crippen LogP contribution in [-0.4, -0.2) is 23.3 Å². The SMILES string of the molecule is COC(=O)c1cc(-c2[nH]ncc2N)oc1C. The maximum absolute atomic E-state index is 11.4. The van der Waals surface area contributed by atoms with E-state index >= 15 is 0 Å². The molecule has 0 amide bonds. The zero-order chi connectivity index (χ0) is 11.7. The Balaban J connectivity index is 2.46. The van der Waals surface area contributed by atoms with Gasteiger partial charge in [-0.05, 0) is 6.92 Å². The number of aromatic amines is 1. The minimum atomic E-state index is -0.439. The first kappa shape index (κ1) is 10.3. The number of methoxy groups -OCH3 is 1. The maximum atomic E-state index is 11.4. The molecule has 6 heteroatoms. The normalized spacial score (nSPS) is 10.4. The van der Waals surface area contributed by atoms with Crippen molar-refractivity contribution in [1.82, 2.24) is 10.2 Å². The first-order valence-corrected chi connectivity index (χ1v) is 4.61. The van der Waals surface area contributed by atoms with Gasteiger partial charge in [-0.2, -0.15) is 5.10 Å². The van der Waals surface area contributed by atoms with Gasteiger partial charge < -0.3 is 14.9 Å². The molecule has 0 aliphatic heterocycles. The summed E-state index contributed by atoms with van der Waals surface area (Å²) in [5.41, 5.74) is 7.07. The van der Waals surface area contributed by atoms with Crippen LogP contribution in [-0.2, 0) is 4.74 Å². The molecule has 0 aliphatic carbocycles. The topological polar surface area (TPSA) is 94.1 Å². The molecule has 0 fully saturated rings. The molecule has 84 valence electrons. The van der Waals surface area contributed by atoms with Gasteiger partial charge in [-0.1, -0.05) is 0 Å². The number of ether oxygens (including phenoxy) is 1. The van der Waals surface area contributed by atoms with Gasteiger partial charge in [0, 0.05) is 6.07 Å². The predicted molar refractivity (Wildman–Crippen MR) is 56.8 cm³/mol. The highest BCUT2D eigenvalue weighted by molar-refractivity contribution is 5.92. The van der Waals surface area contributed by atoms with Crippen molar-refractivity contribution in [1.29, 1.82) is 0 Å². The van der Waals surface area contributed by atoms with Crippen LogP contribution in [0.4, 0.5) is 5.69 Å². The number of nitrogens with one attached hydrogen (secondary N) is 1. The molecule has 0 aromatic carbocycles. The lowest BCUT2D eigenvalue weighted by Crippen LogP contribution is -2.00. The summed E-state index contributed by atoms with van der Waals surface area (Å²) in [6.07, 6.45) is 1.48. The van der Waals surface area contributed by atoms with Gasteiger partial charge in [0.05, 0.1) is 19.0 Å². The van der Waals surface area contributed by atoms with Gasteiger partial charge >= 0.3 is 5.97 Å². The van der Waals surface area contributed by atoms with E-state index < -0.39 is 5.97 Å². The lowest BCUT2D eigenvalue weighted by molar-refractivity contribution is 0.0599. The first-order valence-electron chi connectivity index (χ1n) is 4.61. The van der Waals surface area contributed by atoms with E-state index in [2.05, 4.69) is 14.9 Å². The average molecular weight is 221 g/mol. The molecule has 0 saturated heterocycles. The average Bonchev–Trinajstić information content (AvgIpc) is 2.83. The molecule has 0 saturated carbocycles. The molecule has 2 aromatic heterocycles. The van der Waals surface area contributed by atoms with Crippen molar-refractivity contribution in [2.75, 3.05) is 12.8 Å². The number of hydrogen-bond acceptors (Lipinski definition) is 5.